The summed E-state index contributed by atoms with van der Waals surface area (Å²) in [5.74, 6) is -1.89. The summed E-state index contributed by atoms with van der Waals surface area (Å²) in [7, 11) is 0. The fraction of sp³-hybridized carbons (Fsp3) is 0.133. The summed E-state index contributed by atoms with van der Waals surface area (Å²) in [6.07, 6.45) is 0. The van der Waals surface area contributed by atoms with Crippen molar-refractivity contribution in [2.75, 3.05) is 5.32 Å². The third kappa shape index (κ3) is 2.96. The summed E-state index contributed by atoms with van der Waals surface area (Å²) in [4.78, 5) is 12.0. The second kappa shape index (κ2) is 5.18. The third-order valence-electron chi connectivity index (χ3n) is 2.81. The van der Waals surface area contributed by atoms with Crippen LogP contribution < -0.4 is 5.32 Å². The van der Waals surface area contributed by atoms with Gasteiger partial charge >= 0.3 is 0 Å². The van der Waals surface area contributed by atoms with Gasteiger partial charge in [0, 0.05) is 11.6 Å². The molecule has 0 aliphatic rings. The number of anilines is 1. The van der Waals surface area contributed by atoms with Gasteiger partial charge in [-0.3, -0.25) is 4.79 Å². The van der Waals surface area contributed by atoms with E-state index in [4.69, 9.17) is 0 Å². The van der Waals surface area contributed by atoms with Crippen molar-refractivity contribution in [3.63, 3.8) is 0 Å². The van der Waals surface area contributed by atoms with Gasteiger partial charge in [0.15, 0.2) is 0 Å². The highest BCUT2D eigenvalue weighted by Crippen LogP contribution is 2.17. The van der Waals surface area contributed by atoms with Crippen molar-refractivity contribution in [1.29, 1.82) is 0 Å². The van der Waals surface area contributed by atoms with Gasteiger partial charge in [0.05, 0.1) is 5.69 Å². The molecule has 2 aromatic carbocycles. The maximum Gasteiger partial charge on any atom is 0.256 e. The Balaban J connectivity index is 2.25. The highest BCUT2D eigenvalue weighted by atomic mass is 19.1. The fourth-order valence-electron chi connectivity index (χ4n) is 1.85. The van der Waals surface area contributed by atoms with Gasteiger partial charge < -0.3 is 5.32 Å². The van der Waals surface area contributed by atoms with Crippen molar-refractivity contribution >= 4 is 11.6 Å². The molecule has 1 amide bonds. The predicted molar refractivity (Wildman–Crippen MR) is 70.2 cm³/mol. The highest BCUT2D eigenvalue weighted by molar-refractivity contribution is 6.05. The molecular formula is C15H13F2NO. The van der Waals surface area contributed by atoms with Crippen LogP contribution in [0.15, 0.2) is 36.4 Å². The molecule has 2 aromatic rings. The SMILES string of the molecule is Cc1ccc(C(=O)Nc2ccc(F)cc2F)c(C)c1. The van der Waals surface area contributed by atoms with Gasteiger partial charge in [0.1, 0.15) is 11.6 Å². The first-order valence-corrected chi connectivity index (χ1v) is 5.81. The zero-order valence-corrected chi connectivity index (χ0v) is 10.6. The molecule has 0 unspecified atom stereocenters. The van der Waals surface area contributed by atoms with Gasteiger partial charge in [-0.25, -0.2) is 8.78 Å². The molecule has 0 fully saturated rings. The Labute approximate surface area is 110 Å². The molecule has 0 aromatic heterocycles. The summed E-state index contributed by atoms with van der Waals surface area (Å²) in [6, 6.07) is 8.39. The van der Waals surface area contributed by atoms with Crippen LogP contribution in [0.2, 0.25) is 0 Å². The van der Waals surface area contributed by atoms with Gasteiger partial charge in [-0.15, -0.1) is 0 Å². The maximum atomic E-state index is 13.4. The molecule has 0 saturated heterocycles. The van der Waals surface area contributed by atoms with Gasteiger partial charge in [0.25, 0.3) is 5.91 Å². The monoisotopic (exact) mass is 261 g/mol. The molecule has 0 bridgehead atoms. The number of benzene rings is 2. The minimum absolute atomic E-state index is 0.0358. The van der Waals surface area contributed by atoms with E-state index in [1.165, 1.54) is 6.07 Å². The fourth-order valence-corrected chi connectivity index (χ4v) is 1.85. The van der Waals surface area contributed by atoms with Crippen LogP contribution in [0.3, 0.4) is 0 Å². The van der Waals surface area contributed by atoms with E-state index in [-0.39, 0.29) is 5.69 Å². The Morgan fingerprint density at radius 2 is 1.79 bits per heavy atom. The molecule has 0 aliphatic heterocycles. The van der Waals surface area contributed by atoms with Crippen LogP contribution in [-0.2, 0) is 0 Å². The second-order valence-electron chi connectivity index (χ2n) is 4.40. The Bertz CT molecular complexity index is 638. The highest BCUT2D eigenvalue weighted by Gasteiger charge is 2.12. The van der Waals surface area contributed by atoms with Crippen LogP contribution in [0.5, 0.6) is 0 Å². The van der Waals surface area contributed by atoms with Gasteiger partial charge in [0.2, 0.25) is 0 Å². The van der Waals surface area contributed by atoms with E-state index < -0.39 is 17.5 Å². The first-order chi connectivity index (χ1) is 8.97. The van der Waals surface area contributed by atoms with Crippen molar-refractivity contribution in [2.45, 2.75) is 13.8 Å². The Morgan fingerprint density at radius 3 is 2.42 bits per heavy atom. The lowest BCUT2D eigenvalue weighted by Gasteiger charge is -2.09. The molecule has 2 rings (SSSR count). The van der Waals surface area contributed by atoms with Crippen molar-refractivity contribution in [2.24, 2.45) is 0 Å². The zero-order valence-electron chi connectivity index (χ0n) is 10.6. The number of amides is 1. The smallest absolute Gasteiger partial charge is 0.256 e. The topological polar surface area (TPSA) is 29.1 Å². The molecular weight excluding hydrogens is 248 g/mol. The number of carbonyl (C=O) groups is 1. The van der Waals surface area contributed by atoms with E-state index in [9.17, 15) is 13.6 Å². The quantitative estimate of drug-likeness (QED) is 0.874. The van der Waals surface area contributed by atoms with Gasteiger partial charge in [-0.1, -0.05) is 17.7 Å². The Hall–Kier alpha value is -2.23. The van der Waals surface area contributed by atoms with Crippen LogP contribution in [-0.4, -0.2) is 5.91 Å². The average Bonchev–Trinajstić information content (AvgIpc) is 2.32. The van der Waals surface area contributed by atoms with Crippen molar-refractivity contribution < 1.29 is 13.6 Å². The van der Waals surface area contributed by atoms with E-state index in [0.717, 1.165) is 23.3 Å². The molecule has 0 heterocycles. The lowest BCUT2D eigenvalue weighted by atomic mass is 10.1. The zero-order chi connectivity index (χ0) is 14.0. The molecule has 0 aliphatic carbocycles. The largest absolute Gasteiger partial charge is 0.319 e. The van der Waals surface area contributed by atoms with Crippen molar-refractivity contribution in [1.82, 2.24) is 0 Å². The number of hydrogen-bond acceptors (Lipinski definition) is 1. The Morgan fingerprint density at radius 1 is 1.05 bits per heavy atom. The third-order valence-corrected chi connectivity index (χ3v) is 2.81. The second-order valence-corrected chi connectivity index (χ2v) is 4.40. The summed E-state index contributed by atoms with van der Waals surface area (Å²) < 4.78 is 26.2. The van der Waals surface area contributed by atoms with Gasteiger partial charge in [-0.05, 0) is 37.6 Å². The maximum absolute atomic E-state index is 13.4. The Kier molecular flexibility index (Phi) is 3.60. The summed E-state index contributed by atoms with van der Waals surface area (Å²) >= 11 is 0. The summed E-state index contributed by atoms with van der Waals surface area (Å²) in [5, 5.41) is 2.43. The molecule has 0 saturated carbocycles. The molecule has 2 nitrogen and oxygen atoms in total. The lowest BCUT2D eigenvalue weighted by Crippen LogP contribution is -2.14. The van der Waals surface area contributed by atoms with Crippen LogP contribution >= 0.6 is 0 Å². The van der Waals surface area contributed by atoms with E-state index in [0.29, 0.717) is 5.56 Å². The molecule has 19 heavy (non-hydrogen) atoms. The molecule has 4 heteroatoms. The normalized spacial score (nSPS) is 10.3. The van der Waals surface area contributed by atoms with Crippen LogP contribution in [0, 0.1) is 25.5 Å². The van der Waals surface area contributed by atoms with E-state index in [1.807, 2.05) is 26.0 Å². The van der Waals surface area contributed by atoms with Crippen molar-refractivity contribution in [3.05, 3.63) is 64.7 Å². The van der Waals surface area contributed by atoms with Crippen molar-refractivity contribution in [3.8, 4) is 0 Å². The standard InChI is InChI=1S/C15H13F2NO/c1-9-3-5-12(10(2)7-9)15(19)18-14-6-4-11(16)8-13(14)17/h3-8H,1-2H3,(H,18,19). The number of aryl methyl sites for hydroxylation is 2. The van der Waals surface area contributed by atoms with Crippen LogP contribution in [0.4, 0.5) is 14.5 Å². The first kappa shape index (κ1) is 13.2. The minimum atomic E-state index is -0.793. The predicted octanol–water partition coefficient (Wildman–Crippen LogP) is 3.83. The molecule has 0 spiro atoms. The molecule has 0 atom stereocenters. The van der Waals surface area contributed by atoms with E-state index in [1.54, 1.807) is 6.07 Å². The summed E-state index contributed by atoms with van der Waals surface area (Å²) in [6.45, 7) is 3.73. The van der Waals surface area contributed by atoms with E-state index in [2.05, 4.69) is 5.32 Å². The number of carbonyl (C=O) groups excluding carboxylic acids is 1. The minimum Gasteiger partial charge on any atom is -0.319 e. The molecule has 98 valence electrons. The average molecular weight is 261 g/mol. The first-order valence-electron chi connectivity index (χ1n) is 5.81. The number of halogens is 2. The lowest BCUT2D eigenvalue weighted by molar-refractivity contribution is 0.102. The van der Waals surface area contributed by atoms with E-state index >= 15 is 0 Å². The molecule has 0 radical (unpaired) electrons. The number of rotatable bonds is 2. The number of nitrogens with one attached hydrogen (secondary N) is 1. The van der Waals surface area contributed by atoms with Gasteiger partial charge in [-0.2, -0.15) is 0 Å². The van der Waals surface area contributed by atoms with Crippen LogP contribution in [0.1, 0.15) is 21.5 Å². The number of hydrogen-bond donors (Lipinski definition) is 1. The van der Waals surface area contributed by atoms with Crippen LogP contribution in [0.25, 0.3) is 0 Å². The summed E-state index contributed by atoms with van der Waals surface area (Å²) in [5.41, 5.74) is 2.28. The molecule has 1 N–H and O–H groups in total.